The van der Waals surface area contributed by atoms with E-state index < -0.39 is 0 Å². The van der Waals surface area contributed by atoms with E-state index in [-0.39, 0.29) is 0 Å². The summed E-state index contributed by atoms with van der Waals surface area (Å²) in [5.41, 5.74) is 0. The smallest absolute Gasteiger partial charge is 0.135 e. The van der Waals surface area contributed by atoms with Crippen LogP contribution in [0.3, 0.4) is 0 Å². The van der Waals surface area contributed by atoms with Crippen LogP contribution in [0, 0.1) is 0 Å². The van der Waals surface area contributed by atoms with Crippen LogP contribution < -0.4 is 0 Å². The summed E-state index contributed by atoms with van der Waals surface area (Å²) in [6, 6.07) is 0. The highest BCUT2D eigenvalue weighted by atomic mass is 15.3. The molecule has 2 rings (SSSR count). The first kappa shape index (κ1) is 9.69. The van der Waals surface area contributed by atoms with E-state index in [1.807, 2.05) is 6.33 Å². The van der Waals surface area contributed by atoms with Crippen molar-refractivity contribution >= 4 is 0 Å². The minimum Gasteiger partial charge on any atom is -0.317 e. The summed E-state index contributed by atoms with van der Waals surface area (Å²) in [7, 11) is 0. The van der Waals surface area contributed by atoms with E-state index in [2.05, 4.69) is 21.7 Å². The molecular formula is C11H19N3. The van der Waals surface area contributed by atoms with E-state index in [1.54, 1.807) is 0 Å². The number of nitrogens with zero attached hydrogens (tertiary/aromatic N) is 3. The Morgan fingerprint density at radius 2 is 2.14 bits per heavy atom. The zero-order valence-electron chi connectivity index (χ0n) is 8.95. The van der Waals surface area contributed by atoms with Crippen LogP contribution in [0.5, 0.6) is 0 Å². The van der Waals surface area contributed by atoms with Crippen molar-refractivity contribution < 1.29 is 0 Å². The Balaban J connectivity index is 2.09. The first-order valence-corrected chi connectivity index (χ1v) is 5.79. The van der Waals surface area contributed by atoms with Crippen LogP contribution in [0.1, 0.15) is 57.2 Å². The first-order chi connectivity index (χ1) is 6.92. The van der Waals surface area contributed by atoms with Gasteiger partial charge in [-0.2, -0.15) is 0 Å². The Morgan fingerprint density at radius 3 is 2.86 bits per heavy atom. The van der Waals surface area contributed by atoms with Gasteiger partial charge in [0.2, 0.25) is 0 Å². The zero-order chi connectivity index (χ0) is 9.80. The molecule has 1 fully saturated rings. The van der Waals surface area contributed by atoms with Crippen LogP contribution in [-0.2, 0) is 6.54 Å². The van der Waals surface area contributed by atoms with Crippen molar-refractivity contribution in [2.75, 3.05) is 0 Å². The van der Waals surface area contributed by atoms with Crippen molar-refractivity contribution in [3.63, 3.8) is 0 Å². The molecule has 1 aromatic rings. The van der Waals surface area contributed by atoms with Gasteiger partial charge in [-0.25, -0.2) is 0 Å². The molecule has 0 unspecified atom stereocenters. The molecule has 3 heteroatoms. The third-order valence-corrected chi connectivity index (χ3v) is 3.08. The van der Waals surface area contributed by atoms with E-state index in [0.717, 1.165) is 13.0 Å². The molecule has 0 spiro atoms. The molecule has 0 bridgehead atoms. The van der Waals surface area contributed by atoms with Crippen LogP contribution in [0.4, 0.5) is 0 Å². The highest BCUT2D eigenvalue weighted by molar-refractivity contribution is 4.97. The third-order valence-electron chi connectivity index (χ3n) is 3.08. The fourth-order valence-electron chi connectivity index (χ4n) is 2.35. The molecule has 0 N–H and O–H groups in total. The van der Waals surface area contributed by atoms with E-state index in [4.69, 9.17) is 0 Å². The van der Waals surface area contributed by atoms with Crippen molar-refractivity contribution in [3.05, 3.63) is 12.2 Å². The normalized spacial score (nSPS) is 18.6. The quantitative estimate of drug-likeness (QED) is 0.739. The SMILES string of the molecule is CCCn1cnnc1C1CCCCC1. The standard InChI is InChI=1S/C11H19N3/c1-2-8-14-9-12-13-11(14)10-6-4-3-5-7-10/h9-10H,2-8H2,1H3. The summed E-state index contributed by atoms with van der Waals surface area (Å²) in [4.78, 5) is 0. The average molecular weight is 193 g/mol. The molecule has 14 heavy (non-hydrogen) atoms. The minimum atomic E-state index is 0.679. The monoisotopic (exact) mass is 193 g/mol. The Bertz CT molecular complexity index is 274. The third kappa shape index (κ3) is 1.97. The number of aryl methyl sites for hydroxylation is 1. The number of hydrogen-bond donors (Lipinski definition) is 0. The van der Waals surface area contributed by atoms with Crippen LogP contribution in [-0.4, -0.2) is 14.8 Å². The van der Waals surface area contributed by atoms with Crippen molar-refractivity contribution in [2.45, 2.75) is 57.9 Å². The maximum atomic E-state index is 4.27. The highest BCUT2D eigenvalue weighted by Crippen LogP contribution is 2.31. The largest absolute Gasteiger partial charge is 0.317 e. The second-order valence-corrected chi connectivity index (χ2v) is 4.22. The molecule has 0 aliphatic heterocycles. The summed E-state index contributed by atoms with van der Waals surface area (Å²) < 4.78 is 2.23. The van der Waals surface area contributed by atoms with Gasteiger partial charge in [0.1, 0.15) is 12.2 Å². The number of aromatic nitrogens is 3. The van der Waals surface area contributed by atoms with Crippen LogP contribution in [0.25, 0.3) is 0 Å². The van der Waals surface area contributed by atoms with Crippen LogP contribution in [0.15, 0.2) is 6.33 Å². The van der Waals surface area contributed by atoms with Crippen molar-refractivity contribution in [2.24, 2.45) is 0 Å². The van der Waals surface area contributed by atoms with E-state index >= 15 is 0 Å². The van der Waals surface area contributed by atoms with Gasteiger partial charge in [-0.05, 0) is 19.3 Å². The molecule has 1 aliphatic rings. The molecule has 0 radical (unpaired) electrons. The highest BCUT2D eigenvalue weighted by Gasteiger charge is 2.20. The van der Waals surface area contributed by atoms with E-state index in [1.165, 1.54) is 37.9 Å². The van der Waals surface area contributed by atoms with Gasteiger partial charge in [-0.3, -0.25) is 0 Å². The zero-order valence-corrected chi connectivity index (χ0v) is 8.95. The maximum absolute atomic E-state index is 4.27. The average Bonchev–Trinajstić information content (AvgIpc) is 2.68. The van der Waals surface area contributed by atoms with Gasteiger partial charge in [0.25, 0.3) is 0 Å². The summed E-state index contributed by atoms with van der Waals surface area (Å²) in [5, 5.41) is 8.30. The van der Waals surface area contributed by atoms with Crippen molar-refractivity contribution in [1.82, 2.24) is 14.8 Å². The molecule has 0 aromatic carbocycles. The van der Waals surface area contributed by atoms with E-state index in [9.17, 15) is 0 Å². The van der Waals surface area contributed by atoms with Crippen LogP contribution >= 0.6 is 0 Å². The Kier molecular flexibility index (Phi) is 3.17. The summed E-state index contributed by atoms with van der Waals surface area (Å²) in [6.45, 7) is 3.27. The Hall–Kier alpha value is -0.860. The maximum Gasteiger partial charge on any atom is 0.135 e. The molecule has 3 nitrogen and oxygen atoms in total. The number of rotatable bonds is 3. The lowest BCUT2D eigenvalue weighted by Gasteiger charge is -2.21. The summed E-state index contributed by atoms with van der Waals surface area (Å²) >= 11 is 0. The minimum absolute atomic E-state index is 0.679. The molecule has 78 valence electrons. The fraction of sp³-hybridized carbons (Fsp3) is 0.818. The lowest BCUT2D eigenvalue weighted by molar-refractivity contribution is 0.413. The molecule has 0 amide bonds. The molecular weight excluding hydrogens is 174 g/mol. The van der Waals surface area contributed by atoms with Crippen molar-refractivity contribution in [3.8, 4) is 0 Å². The van der Waals surface area contributed by atoms with Gasteiger partial charge < -0.3 is 4.57 Å². The second kappa shape index (κ2) is 4.58. The van der Waals surface area contributed by atoms with Gasteiger partial charge in [-0.1, -0.05) is 26.2 Å². The molecule has 1 aliphatic carbocycles. The Labute approximate surface area is 85.5 Å². The predicted octanol–water partition coefficient (Wildman–Crippen LogP) is 2.74. The van der Waals surface area contributed by atoms with Gasteiger partial charge in [-0.15, -0.1) is 10.2 Å². The van der Waals surface area contributed by atoms with E-state index in [0.29, 0.717) is 5.92 Å². The molecule has 0 saturated heterocycles. The Morgan fingerprint density at radius 1 is 1.36 bits per heavy atom. The van der Waals surface area contributed by atoms with Crippen molar-refractivity contribution in [1.29, 1.82) is 0 Å². The lowest BCUT2D eigenvalue weighted by atomic mass is 9.88. The van der Waals surface area contributed by atoms with Gasteiger partial charge in [0, 0.05) is 12.5 Å². The molecule has 1 aromatic heterocycles. The second-order valence-electron chi connectivity index (χ2n) is 4.22. The van der Waals surface area contributed by atoms with Gasteiger partial charge >= 0.3 is 0 Å². The summed E-state index contributed by atoms with van der Waals surface area (Å²) in [6.07, 6.45) is 9.79. The topological polar surface area (TPSA) is 30.7 Å². The first-order valence-electron chi connectivity index (χ1n) is 5.79. The van der Waals surface area contributed by atoms with Gasteiger partial charge in [0.15, 0.2) is 0 Å². The molecule has 0 atom stereocenters. The van der Waals surface area contributed by atoms with Crippen LogP contribution in [0.2, 0.25) is 0 Å². The van der Waals surface area contributed by atoms with Gasteiger partial charge in [0.05, 0.1) is 0 Å². The lowest BCUT2D eigenvalue weighted by Crippen LogP contribution is -2.11. The molecule has 1 saturated carbocycles. The predicted molar refractivity (Wildman–Crippen MR) is 56.1 cm³/mol. The fourth-order valence-corrected chi connectivity index (χ4v) is 2.35. The molecule has 1 heterocycles. The summed E-state index contributed by atoms with van der Waals surface area (Å²) in [5.74, 6) is 1.91. The number of hydrogen-bond acceptors (Lipinski definition) is 2.